The fourth-order valence-electron chi connectivity index (χ4n) is 1.86. The lowest BCUT2D eigenvalue weighted by Crippen LogP contribution is -2.29. The van der Waals surface area contributed by atoms with E-state index < -0.39 is 7.12 Å². The highest BCUT2D eigenvalue weighted by Gasteiger charge is 2.10. The number of hydrogen-bond acceptors (Lipinski definition) is 4. The summed E-state index contributed by atoms with van der Waals surface area (Å²) < 4.78 is 5.03. The van der Waals surface area contributed by atoms with E-state index >= 15 is 0 Å². The van der Waals surface area contributed by atoms with E-state index in [4.69, 9.17) is 14.5 Å². The maximum Gasteiger partial charge on any atom is 0.488 e. The number of rotatable bonds is 5. The normalized spacial score (nSPS) is 10.9. The highest BCUT2D eigenvalue weighted by atomic mass is 16.4. The van der Waals surface area contributed by atoms with Gasteiger partial charge in [-0.2, -0.15) is 0 Å². The van der Waals surface area contributed by atoms with Crippen molar-refractivity contribution in [1.29, 1.82) is 0 Å². The molecule has 0 atom stereocenters. The first-order valence-electron chi connectivity index (χ1n) is 5.80. The van der Waals surface area contributed by atoms with Gasteiger partial charge in [0.1, 0.15) is 0 Å². The molecule has 0 saturated carbocycles. The molecule has 0 saturated heterocycles. The van der Waals surface area contributed by atoms with Crippen molar-refractivity contribution in [2.75, 3.05) is 7.05 Å². The van der Waals surface area contributed by atoms with Gasteiger partial charge in [0.15, 0.2) is 0 Å². The first-order valence-corrected chi connectivity index (χ1v) is 5.80. The molecule has 0 bridgehead atoms. The molecule has 94 valence electrons. The Morgan fingerprint density at radius 3 is 2.28 bits per heavy atom. The van der Waals surface area contributed by atoms with Crippen molar-refractivity contribution in [1.82, 2.24) is 4.90 Å². The summed E-state index contributed by atoms with van der Waals surface area (Å²) in [7, 11) is 0.629. The molecule has 0 fully saturated rings. The van der Waals surface area contributed by atoms with Crippen LogP contribution >= 0.6 is 0 Å². The van der Waals surface area contributed by atoms with Crippen molar-refractivity contribution in [3.8, 4) is 0 Å². The van der Waals surface area contributed by atoms with Crippen molar-refractivity contribution >= 4 is 12.6 Å². The van der Waals surface area contributed by atoms with Crippen LogP contribution in [0.15, 0.2) is 47.3 Å². The minimum atomic E-state index is -1.40. The Hall–Kier alpha value is -1.56. The van der Waals surface area contributed by atoms with Crippen LogP contribution in [0.25, 0.3) is 0 Å². The van der Waals surface area contributed by atoms with Crippen molar-refractivity contribution < 1.29 is 14.5 Å². The second-order valence-electron chi connectivity index (χ2n) is 4.42. The van der Waals surface area contributed by atoms with Crippen molar-refractivity contribution in [3.63, 3.8) is 0 Å². The van der Waals surface area contributed by atoms with E-state index in [2.05, 4.69) is 4.90 Å². The van der Waals surface area contributed by atoms with Crippen LogP contribution in [0.2, 0.25) is 0 Å². The third-order valence-corrected chi connectivity index (χ3v) is 2.76. The summed E-state index contributed by atoms with van der Waals surface area (Å²) >= 11 is 0. The fourth-order valence-corrected chi connectivity index (χ4v) is 1.86. The van der Waals surface area contributed by atoms with E-state index in [0.717, 1.165) is 24.2 Å². The van der Waals surface area contributed by atoms with E-state index in [1.807, 2.05) is 25.2 Å². The maximum atomic E-state index is 9.00. The molecule has 18 heavy (non-hydrogen) atoms. The lowest BCUT2D eigenvalue weighted by molar-refractivity contribution is 0.318. The Morgan fingerprint density at radius 1 is 1.06 bits per heavy atom. The topological polar surface area (TPSA) is 56.8 Å². The van der Waals surface area contributed by atoms with Crippen LogP contribution in [0.4, 0.5) is 0 Å². The lowest BCUT2D eigenvalue weighted by atomic mass is 9.80. The predicted octanol–water partition coefficient (Wildman–Crippen LogP) is 0.591. The van der Waals surface area contributed by atoms with Crippen LogP contribution in [0.1, 0.15) is 11.1 Å². The molecule has 0 radical (unpaired) electrons. The summed E-state index contributed by atoms with van der Waals surface area (Å²) in [5, 5.41) is 18.0. The molecule has 2 rings (SSSR count). The third-order valence-electron chi connectivity index (χ3n) is 2.76. The molecule has 1 aromatic carbocycles. The number of benzene rings is 1. The molecule has 1 aromatic heterocycles. The zero-order chi connectivity index (χ0) is 13.0. The summed E-state index contributed by atoms with van der Waals surface area (Å²) in [5.74, 6) is 0. The van der Waals surface area contributed by atoms with Crippen LogP contribution in [0.5, 0.6) is 0 Å². The summed E-state index contributed by atoms with van der Waals surface area (Å²) in [6.45, 7) is 1.62. The Bertz CT molecular complexity index is 467. The summed E-state index contributed by atoms with van der Waals surface area (Å²) in [4.78, 5) is 2.16. The van der Waals surface area contributed by atoms with Crippen LogP contribution < -0.4 is 5.46 Å². The lowest BCUT2D eigenvalue weighted by Gasteiger charge is -2.15. The fraction of sp³-hybridized carbons (Fsp3) is 0.231. The van der Waals surface area contributed by atoms with Gasteiger partial charge in [-0.3, -0.25) is 4.90 Å². The van der Waals surface area contributed by atoms with Crippen LogP contribution in [0.3, 0.4) is 0 Å². The third kappa shape index (κ3) is 3.47. The maximum absolute atomic E-state index is 9.00. The van der Waals surface area contributed by atoms with E-state index in [-0.39, 0.29) is 0 Å². The van der Waals surface area contributed by atoms with E-state index in [1.54, 1.807) is 24.7 Å². The molecule has 0 aliphatic rings. The quantitative estimate of drug-likeness (QED) is 0.757. The molecular formula is C13H16BNO3. The van der Waals surface area contributed by atoms with Crippen molar-refractivity contribution in [3.05, 3.63) is 54.0 Å². The Kier molecular flexibility index (Phi) is 4.20. The molecule has 4 nitrogen and oxygen atoms in total. The Balaban J connectivity index is 1.92. The second-order valence-corrected chi connectivity index (χ2v) is 4.42. The first-order chi connectivity index (χ1) is 8.65. The second kappa shape index (κ2) is 5.86. The van der Waals surface area contributed by atoms with E-state index in [0.29, 0.717) is 5.46 Å². The van der Waals surface area contributed by atoms with Crippen molar-refractivity contribution in [2.45, 2.75) is 13.1 Å². The molecular weight excluding hydrogens is 229 g/mol. The Labute approximate surface area is 107 Å². The van der Waals surface area contributed by atoms with Gasteiger partial charge in [-0.05, 0) is 24.1 Å². The summed E-state index contributed by atoms with van der Waals surface area (Å²) in [6.07, 6.45) is 3.41. The molecule has 0 amide bonds. The first kappa shape index (κ1) is 12.9. The van der Waals surface area contributed by atoms with Crippen LogP contribution in [-0.2, 0) is 13.1 Å². The molecule has 2 aromatic rings. The zero-order valence-corrected chi connectivity index (χ0v) is 10.3. The van der Waals surface area contributed by atoms with Gasteiger partial charge < -0.3 is 14.5 Å². The SMILES string of the molecule is CN(Cc1ccc(B(O)O)cc1)Cc1ccoc1. The standard InChI is InChI=1S/C13H16BNO3/c1-15(9-12-6-7-18-10-12)8-11-2-4-13(5-3-11)14(16)17/h2-7,10,16-17H,8-9H2,1H3. The molecule has 0 spiro atoms. The van der Waals surface area contributed by atoms with Gasteiger partial charge in [-0.25, -0.2) is 0 Å². The molecule has 5 heteroatoms. The molecule has 0 aliphatic heterocycles. The highest BCUT2D eigenvalue weighted by molar-refractivity contribution is 6.58. The monoisotopic (exact) mass is 245 g/mol. The number of furan rings is 1. The minimum absolute atomic E-state index is 0.510. The molecule has 2 N–H and O–H groups in total. The van der Waals surface area contributed by atoms with E-state index in [1.165, 1.54) is 0 Å². The molecule has 0 unspecified atom stereocenters. The number of hydrogen-bond donors (Lipinski definition) is 2. The van der Waals surface area contributed by atoms with Gasteiger partial charge in [-0.15, -0.1) is 0 Å². The minimum Gasteiger partial charge on any atom is -0.472 e. The highest BCUT2D eigenvalue weighted by Crippen LogP contribution is 2.07. The van der Waals surface area contributed by atoms with Crippen molar-refractivity contribution in [2.24, 2.45) is 0 Å². The Morgan fingerprint density at radius 2 is 1.72 bits per heavy atom. The average molecular weight is 245 g/mol. The van der Waals surface area contributed by atoms with Gasteiger partial charge in [0.2, 0.25) is 0 Å². The molecule has 1 heterocycles. The zero-order valence-electron chi connectivity index (χ0n) is 10.3. The number of nitrogens with zero attached hydrogens (tertiary/aromatic N) is 1. The largest absolute Gasteiger partial charge is 0.488 e. The van der Waals surface area contributed by atoms with Gasteiger partial charge in [0.05, 0.1) is 12.5 Å². The van der Waals surface area contributed by atoms with Crippen LogP contribution in [-0.4, -0.2) is 29.1 Å². The van der Waals surface area contributed by atoms with Gasteiger partial charge in [-0.1, -0.05) is 24.3 Å². The average Bonchev–Trinajstić information content (AvgIpc) is 2.82. The van der Waals surface area contributed by atoms with Gasteiger partial charge in [0.25, 0.3) is 0 Å². The van der Waals surface area contributed by atoms with Crippen LogP contribution in [0, 0.1) is 0 Å². The van der Waals surface area contributed by atoms with E-state index in [9.17, 15) is 0 Å². The molecule has 0 aliphatic carbocycles. The predicted molar refractivity (Wildman–Crippen MR) is 70.1 cm³/mol. The summed E-state index contributed by atoms with van der Waals surface area (Å²) in [5.41, 5.74) is 2.78. The van der Waals surface area contributed by atoms with Gasteiger partial charge >= 0.3 is 7.12 Å². The van der Waals surface area contributed by atoms with Gasteiger partial charge in [0, 0.05) is 18.7 Å². The summed E-state index contributed by atoms with van der Waals surface area (Å²) in [6, 6.07) is 9.21. The smallest absolute Gasteiger partial charge is 0.472 e.